The molecule has 0 fully saturated rings. The van der Waals surface area contributed by atoms with E-state index in [9.17, 15) is 18.0 Å². The van der Waals surface area contributed by atoms with Gasteiger partial charge in [-0.15, -0.1) is 0 Å². The number of halogens is 5. The predicted molar refractivity (Wildman–Crippen MR) is 158 cm³/mol. The first-order chi connectivity index (χ1) is 20.0. The minimum Gasteiger partial charge on any atom is -0.365 e. The largest absolute Gasteiger partial charge is 0.471 e. The second-order valence-corrected chi connectivity index (χ2v) is 11.0. The van der Waals surface area contributed by atoms with Gasteiger partial charge in [0.25, 0.3) is 0 Å². The minimum atomic E-state index is -5.03. The molecule has 0 saturated heterocycles. The lowest BCUT2D eigenvalue weighted by Crippen LogP contribution is -2.46. The lowest BCUT2D eigenvalue weighted by atomic mass is 10.0. The number of hydrogen-bond acceptors (Lipinski definition) is 6. The van der Waals surface area contributed by atoms with Crippen LogP contribution in [0.4, 0.5) is 24.9 Å². The van der Waals surface area contributed by atoms with Crippen molar-refractivity contribution in [2.75, 3.05) is 17.2 Å². The summed E-state index contributed by atoms with van der Waals surface area (Å²) < 4.78 is 42.6. The fraction of sp³-hybridized carbons (Fsp3) is 0.310. The molecular formula is C29H30Cl2F3N7O. The average Bonchev–Trinajstić information content (AvgIpc) is 3.47. The van der Waals surface area contributed by atoms with Crippen LogP contribution in [0.3, 0.4) is 0 Å². The Bertz CT molecular complexity index is 1470. The summed E-state index contributed by atoms with van der Waals surface area (Å²) in [6.07, 6.45) is 0.337. The molecule has 0 bridgehead atoms. The Hall–Kier alpha value is -3.83. The molecule has 2 aromatic heterocycles. The number of nitrogens with zero attached hydrogens (tertiary/aromatic N) is 5. The standard InChI is InChI=1S/C29H30Cl2F3N7O/c1-19(2)12-24(17-41(27(42)29(32,33)34)16-20-6-8-22(30)9-7-20)37-25-14-26(40-11-10-35-18-40)39-28(38-25)36-15-21-4-3-5-23(31)13-21/h3-11,13-14,18-19,24H,12,15-17H2,1-2H3,(H2,36,37,38,39)/t24-/m0/s1. The fourth-order valence-electron chi connectivity index (χ4n) is 4.37. The van der Waals surface area contributed by atoms with Crippen molar-refractivity contribution in [3.05, 3.63) is 94.5 Å². The topological polar surface area (TPSA) is 88.0 Å². The van der Waals surface area contributed by atoms with E-state index in [0.29, 0.717) is 40.2 Å². The summed E-state index contributed by atoms with van der Waals surface area (Å²) in [6.45, 7) is 3.85. The highest BCUT2D eigenvalue weighted by molar-refractivity contribution is 6.30. The Kier molecular flexibility index (Phi) is 10.3. The van der Waals surface area contributed by atoms with Crippen molar-refractivity contribution in [2.24, 2.45) is 5.92 Å². The van der Waals surface area contributed by atoms with Gasteiger partial charge >= 0.3 is 12.1 Å². The molecule has 0 aliphatic carbocycles. The monoisotopic (exact) mass is 619 g/mol. The van der Waals surface area contributed by atoms with Crippen LogP contribution in [-0.2, 0) is 17.9 Å². The summed E-state index contributed by atoms with van der Waals surface area (Å²) in [5.74, 6) is -0.656. The van der Waals surface area contributed by atoms with Crippen molar-refractivity contribution in [1.82, 2.24) is 24.4 Å². The maximum atomic E-state index is 13.6. The number of alkyl halides is 3. The number of hydrogen-bond donors (Lipinski definition) is 2. The van der Waals surface area contributed by atoms with Gasteiger partial charge in [-0.1, -0.05) is 61.3 Å². The zero-order valence-electron chi connectivity index (χ0n) is 22.9. The number of amides is 1. The quantitative estimate of drug-likeness (QED) is 0.177. The van der Waals surface area contributed by atoms with Crippen molar-refractivity contribution in [3.8, 4) is 5.82 Å². The van der Waals surface area contributed by atoms with E-state index in [-0.39, 0.29) is 25.0 Å². The van der Waals surface area contributed by atoms with Crippen LogP contribution in [-0.4, -0.2) is 49.1 Å². The molecule has 4 rings (SSSR count). The van der Waals surface area contributed by atoms with Gasteiger partial charge in [-0.2, -0.15) is 23.1 Å². The van der Waals surface area contributed by atoms with Crippen LogP contribution in [0, 0.1) is 5.92 Å². The number of nitrogens with one attached hydrogen (secondary N) is 2. The zero-order chi connectivity index (χ0) is 30.3. The second kappa shape index (κ2) is 13.9. The second-order valence-electron chi connectivity index (χ2n) is 10.2. The molecule has 222 valence electrons. The predicted octanol–water partition coefficient (Wildman–Crippen LogP) is 7.00. The third-order valence-electron chi connectivity index (χ3n) is 6.19. The van der Waals surface area contributed by atoms with Crippen molar-refractivity contribution in [1.29, 1.82) is 0 Å². The Balaban J connectivity index is 1.61. The van der Waals surface area contributed by atoms with Crippen molar-refractivity contribution >= 4 is 40.9 Å². The van der Waals surface area contributed by atoms with E-state index >= 15 is 0 Å². The molecule has 2 N–H and O–H groups in total. The molecule has 0 unspecified atom stereocenters. The number of aromatic nitrogens is 4. The molecule has 8 nitrogen and oxygen atoms in total. The molecule has 0 spiro atoms. The summed E-state index contributed by atoms with van der Waals surface area (Å²) >= 11 is 12.1. The van der Waals surface area contributed by atoms with Gasteiger partial charge < -0.3 is 15.5 Å². The average molecular weight is 621 g/mol. The number of benzene rings is 2. The Morgan fingerprint density at radius 1 is 1.02 bits per heavy atom. The number of carbonyl (C=O) groups is 1. The molecule has 2 heterocycles. The molecule has 1 amide bonds. The Morgan fingerprint density at radius 3 is 2.43 bits per heavy atom. The summed E-state index contributed by atoms with van der Waals surface area (Å²) in [5.41, 5.74) is 1.44. The molecular weight excluding hydrogens is 590 g/mol. The molecule has 4 aromatic rings. The fourth-order valence-corrected chi connectivity index (χ4v) is 4.71. The highest BCUT2D eigenvalue weighted by atomic mass is 35.5. The van der Waals surface area contributed by atoms with E-state index in [1.54, 1.807) is 59.7 Å². The van der Waals surface area contributed by atoms with E-state index in [1.165, 1.54) is 0 Å². The van der Waals surface area contributed by atoms with Gasteiger partial charge in [0.2, 0.25) is 5.95 Å². The van der Waals surface area contributed by atoms with Crippen LogP contribution in [0.1, 0.15) is 31.4 Å². The number of carbonyl (C=O) groups excluding carboxylic acids is 1. The lowest BCUT2D eigenvalue weighted by molar-refractivity contribution is -0.186. The van der Waals surface area contributed by atoms with E-state index < -0.39 is 18.1 Å². The van der Waals surface area contributed by atoms with Crippen LogP contribution in [0.5, 0.6) is 0 Å². The van der Waals surface area contributed by atoms with Gasteiger partial charge in [-0.05, 0) is 47.7 Å². The van der Waals surface area contributed by atoms with E-state index in [0.717, 1.165) is 10.5 Å². The van der Waals surface area contributed by atoms with Crippen molar-refractivity contribution < 1.29 is 18.0 Å². The summed E-state index contributed by atoms with van der Waals surface area (Å²) in [7, 11) is 0. The smallest absolute Gasteiger partial charge is 0.365 e. The molecule has 13 heteroatoms. The highest BCUT2D eigenvalue weighted by Gasteiger charge is 2.43. The molecule has 42 heavy (non-hydrogen) atoms. The maximum Gasteiger partial charge on any atom is 0.471 e. The summed E-state index contributed by atoms with van der Waals surface area (Å²) in [6, 6.07) is 14.8. The molecule has 2 aromatic carbocycles. The molecule has 0 aliphatic rings. The minimum absolute atomic E-state index is 0.108. The third kappa shape index (κ3) is 9.09. The normalized spacial score (nSPS) is 12.3. The van der Waals surface area contributed by atoms with Gasteiger partial charge in [0, 0.05) is 54.2 Å². The molecule has 0 aliphatic heterocycles. The highest BCUT2D eigenvalue weighted by Crippen LogP contribution is 2.24. The number of rotatable bonds is 12. The maximum absolute atomic E-state index is 13.6. The zero-order valence-corrected chi connectivity index (χ0v) is 24.5. The first kappa shape index (κ1) is 31.1. The summed E-state index contributed by atoms with van der Waals surface area (Å²) in [5, 5.41) is 7.49. The van der Waals surface area contributed by atoms with Crippen molar-refractivity contribution in [2.45, 2.75) is 45.6 Å². The van der Waals surface area contributed by atoms with Gasteiger partial charge in [-0.25, -0.2) is 4.98 Å². The van der Waals surface area contributed by atoms with Crippen LogP contribution in [0.15, 0.2) is 73.3 Å². The van der Waals surface area contributed by atoms with Gasteiger partial charge in [0.15, 0.2) is 0 Å². The molecule has 0 radical (unpaired) electrons. The van der Waals surface area contributed by atoms with E-state index in [4.69, 9.17) is 23.2 Å². The van der Waals surface area contributed by atoms with Gasteiger partial charge in [0.1, 0.15) is 18.0 Å². The first-order valence-corrected chi connectivity index (χ1v) is 13.9. The molecule has 0 saturated carbocycles. The number of anilines is 2. The Morgan fingerprint density at radius 2 is 1.79 bits per heavy atom. The SMILES string of the molecule is CC(C)C[C@@H](CN(Cc1ccc(Cl)cc1)C(=O)C(F)(F)F)Nc1cc(-n2ccnc2)nc(NCc2cccc(Cl)c2)n1. The lowest BCUT2D eigenvalue weighted by Gasteiger charge is -2.30. The van der Waals surface area contributed by atoms with E-state index in [1.807, 2.05) is 32.0 Å². The number of imidazole rings is 1. The van der Waals surface area contributed by atoms with Crippen molar-refractivity contribution in [3.63, 3.8) is 0 Å². The first-order valence-electron chi connectivity index (χ1n) is 13.2. The van der Waals surface area contributed by atoms with Crippen LogP contribution in [0.25, 0.3) is 5.82 Å². The van der Waals surface area contributed by atoms with Crippen LogP contribution < -0.4 is 10.6 Å². The molecule has 1 atom stereocenters. The van der Waals surface area contributed by atoms with Crippen LogP contribution >= 0.6 is 23.2 Å². The van der Waals surface area contributed by atoms with Gasteiger partial charge in [0.05, 0.1) is 0 Å². The third-order valence-corrected chi connectivity index (χ3v) is 6.67. The van der Waals surface area contributed by atoms with Gasteiger partial charge in [-0.3, -0.25) is 9.36 Å². The Labute approximate surface area is 251 Å². The van der Waals surface area contributed by atoms with Crippen LogP contribution in [0.2, 0.25) is 10.0 Å². The summed E-state index contributed by atoms with van der Waals surface area (Å²) in [4.78, 5) is 26.5. The van der Waals surface area contributed by atoms with E-state index in [2.05, 4.69) is 25.6 Å².